The lowest BCUT2D eigenvalue weighted by atomic mass is 9.79. The third-order valence-corrected chi connectivity index (χ3v) is 4.73. The van der Waals surface area contributed by atoms with Crippen LogP contribution in [0.15, 0.2) is 0 Å². The zero-order valence-corrected chi connectivity index (χ0v) is 13.7. The molecule has 0 radical (unpaired) electrons. The van der Waals surface area contributed by atoms with Crippen molar-refractivity contribution in [3.8, 4) is 0 Å². The highest BCUT2D eigenvalue weighted by Gasteiger charge is 2.34. The highest BCUT2D eigenvalue weighted by Crippen LogP contribution is 2.31. The van der Waals surface area contributed by atoms with E-state index in [1.54, 1.807) is 0 Å². The van der Waals surface area contributed by atoms with Crippen LogP contribution in [0, 0.1) is 11.3 Å². The lowest BCUT2D eigenvalue weighted by Crippen LogP contribution is -2.49. The third-order valence-electron chi connectivity index (χ3n) is 4.73. The van der Waals surface area contributed by atoms with E-state index in [0.29, 0.717) is 17.4 Å². The molecule has 1 N–H and O–H groups in total. The summed E-state index contributed by atoms with van der Waals surface area (Å²) < 4.78 is 5.57. The summed E-state index contributed by atoms with van der Waals surface area (Å²) in [4.78, 5) is 2.55. The van der Waals surface area contributed by atoms with Gasteiger partial charge in [0.05, 0.1) is 0 Å². The fourth-order valence-electron chi connectivity index (χ4n) is 2.91. The molecule has 0 aliphatic carbocycles. The highest BCUT2D eigenvalue weighted by molar-refractivity contribution is 4.88. The molecule has 0 aromatic rings. The van der Waals surface area contributed by atoms with Gasteiger partial charge >= 0.3 is 0 Å². The average Bonchev–Trinajstić information content (AvgIpc) is 2.39. The molecule has 1 aliphatic rings. The fourth-order valence-corrected chi connectivity index (χ4v) is 2.91. The molecule has 0 spiro atoms. The molecule has 1 heterocycles. The molecule has 0 bridgehead atoms. The second-order valence-electron chi connectivity index (χ2n) is 6.69. The van der Waals surface area contributed by atoms with Crippen molar-refractivity contribution in [3.05, 3.63) is 0 Å². The minimum Gasteiger partial charge on any atom is -0.381 e. The smallest absolute Gasteiger partial charge is 0.0472 e. The van der Waals surface area contributed by atoms with Gasteiger partial charge in [-0.15, -0.1) is 0 Å². The first-order valence-corrected chi connectivity index (χ1v) is 7.99. The van der Waals surface area contributed by atoms with Crippen molar-refractivity contribution in [1.29, 1.82) is 0 Å². The van der Waals surface area contributed by atoms with Crippen LogP contribution in [0.4, 0.5) is 0 Å². The predicted octanol–water partition coefficient (Wildman–Crippen LogP) is 2.76. The van der Waals surface area contributed by atoms with E-state index in [4.69, 9.17) is 4.74 Å². The zero-order chi connectivity index (χ0) is 14.3. The average molecular weight is 270 g/mol. The summed E-state index contributed by atoms with van der Waals surface area (Å²) in [6.45, 7) is 14.5. The van der Waals surface area contributed by atoms with Crippen molar-refractivity contribution in [2.24, 2.45) is 11.3 Å². The molecular formula is C16H34N2O. The van der Waals surface area contributed by atoms with Gasteiger partial charge in [0, 0.05) is 32.3 Å². The Morgan fingerprint density at radius 2 is 1.84 bits per heavy atom. The van der Waals surface area contributed by atoms with Gasteiger partial charge in [-0.05, 0) is 51.1 Å². The van der Waals surface area contributed by atoms with Crippen LogP contribution in [0.2, 0.25) is 0 Å². The molecule has 3 nitrogen and oxygen atoms in total. The van der Waals surface area contributed by atoms with E-state index in [1.165, 1.54) is 25.8 Å². The van der Waals surface area contributed by atoms with Crippen molar-refractivity contribution in [2.45, 2.75) is 53.0 Å². The molecule has 114 valence electrons. The summed E-state index contributed by atoms with van der Waals surface area (Å²) in [5, 5.41) is 3.64. The van der Waals surface area contributed by atoms with Gasteiger partial charge in [-0.3, -0.25) is 0 Å². The third kappa shape index (κ3) is 5.41. The van der Waals surface area contributed by atoms with Gasteiger partial charge in [-0.1, -0.05) is 20.8 Å². The molecule has 1 rings (SSSR count). The molecule has 0 aromatic carbocycles. The molecule has 1 aliphatic heterocycles. The Labute approximate surface area is 120 Å². The maximum Gasteiger partial charge on any atom is 0.0472 e. The first-order chi connectivity index (χ1) is 9.01. The lowest BCUT2D eigenvalue weighted by molar-refractivity contribution is -0.00843. The molecule has 1 saturated heterocycles. The van der Waals surface area contributed by atoms with E-state index in [1.807, 2.05) is 0 Å². The molecule has 0 amide bonds. The summed E-state index contributed by atoms with van der Waals surface area (Å²) in [5.41, 5.74) is 0.408. The van der Waals surface area contributed by atoms with E-state index in [-0.39, 0.29) is 0 Å². The number of rotatable bonds is 8. The Balaban J connectivity index is 2.57. The minimum absolute atomic E-state index is 0.408. The van der Waals surface area contributed by atoms with Crippen LogP contribution >= 0.6 is 0 Å². The molecule has 0 aromatic heterocycles. The van der Waals surface area contributed by atoms with Crippen LogP contribution in [0.3, 0.4) is 0 Å². The summed E-state index contributed by atoms with van der Waals surface area (Å²) in [6.07, 6.45) is 3.60. The number of hydrogen-bond acceptors (Lipinski definition) is 3. The Hall–Kier alpha value is -0.120. The molecular weight excluding hydrogens is 236 g/mol. The van der Waals surface area contributed by atoms with Gasteiger partial charge in [0.1, 0.15) is 0 Å². The van der Waals surface area contributed by atoms with E-state index in [0.717, 1.165) is 26.3 Å². The Bertz CT molecular complexity index is 237. The second kappa shape index (κ2) is 8.23. The number of hydrogen-bond donors (Lipinski definition) is 1. The van der Waals surface area contributed by atoms with Crippen LogP contribution in [-0.2, 0) is 4.74 Å². The zero-order valence-electron chi connectivity index (χ0n) is 13.7. The Kier molecular flexibility index (Phi) is 7.33. The van der Waals surface area contributed by atoms with Crippen molar-refractivity contribution < 1.29 is 4.74 Å². The Morgan fingerprint density at radius 3 is 2.37 bits per heavy atom. The van der Waals surface area contributed by atoms with Gasteiger partial charge in [-0.25, -0.2) is 0 Å². The minimum atomic E-state index is 0.408. The highest BCUT2D eigenvalue weighted by atomic mass is 16.5. The first kappa shape index (κ1) is 16.9. The topological polar surface area (TPSA) is 24.5 Å². The van der Waals surface area contributed by atoms with Gasteiger partial charge in [0.15, 0.2) is 0 Å². The molecule has 1 atom stereocenters. The van der Waals surface area contributed by atoms with E-state index in [9.17, 15) is 0 Å². The molecule has 19 heavy (non-hydrogen) atoms. The summed E-state index contributed by atoms with van der Waals surface area (Å²) in [5.74, 6) is 0.713. The Morgan fingerprint density at radius 1 is 1.21 bits per heavy atom. The fraction of sp³-hybridized carbons (Fsp3) is 1.00. The quantitative estimate of drug-likeness (QED) is 0.686. The first-order valence-electron chi connectivity index (χ1n) is 7.99. The number of nitrogens with zero attached hydrogens (tertiary/aromatic N) is 1. The van der Waals surface area contributed by atoms with Gasteiger partial charge in [0.2, 0.25) is 0 Å². The van der Waals surface area contributed by atoms with Crippen LogP contribution in [-0.4, -0.2) is 50.8 Å². The number of nitrogens with one attached hydrogen (secondary N) is 1. The van der Waals surface area contributed by atoms with Crippen LogP contribution in [0.1, 0.15) is 47.0 Å². The standard InChI is InChI=1S/C16H34N2O/c1-6-9-17-12-16(7-10-19-11-8-16)13-18(5)15(4)14(2)3/h14-15,17H,6-13H2,1-5H3. The summed E-state index contributed by atoms with van der Waals surface area (Å²) >= 11 is 0. The predicted molar refractivity (Wildman–Crippen MR) is 82.6 cm³/mol. The van der Waals surface area contributed by atoms with Crippen molar-refractivity contribution in [2.75, 3.05) is 39.9 Å². The van der Waals surface area contributed by atoms with Crippen LogP contribution in [0.5, 0.6) is 0 Å². The van der Waals surface area contributed by atoms with E-state index < -0.39 is 0 Å². The lowest BCUT2D eigenvalue weighted by Gasteiger charge is -2.42. The summed E-state index contributed by atoms with van der Waals surface area (Å²) in [6, 6.07) is 0.644. The maximum absolute atomic E-state index is 5.57. The SMILES string of the molecule is CCCNCC1(CN(C)C(C)C(C)C)CCOCC1. The van der Waals surface area contributed by atoms with Crippen molar-refractivity contribution in [3.63, 3.8) is 0 Å². The van der Waals surface area contributed by atoms with E-state index in [2.05, 4.69) is 45.0 Å². The molecule has 1 fully saturated rings. The molecule has 3 heteroatoms. The molecule has 0 saturated carbocycles. The second-order valence-corrected chi connectivity index (χ2v) is 6.69. The van der Waals surface area contributed by atoms with E-state index >= 15 is 0 Å². The largest absolute Gasteiger partial charge is 0.381 e. The van der Waals surface area contributed by atoms with Crippen molar-refractivity contribution >= 4 is 0 Å². The molecule has 1 unspecified atom stereocenters. The van der Waals surface area contributed by atoms with Crippen LogP contribution in [0.25, 0.3) is 0 Å². The summed E-state index contributed by atoms with van der Waals surface area (Å²) in [7, 11) is 2.28. The normalized spacial score (nSPS) is 21.0. The maximum atomic E-state index is 5.57. The number of ether oxygens (including phenoxy) is 1. The van der Waals surface area contributed by atoms with Crippen molar-refractivity contribution in [1.82, 2.24) is 10.2 Å². The van der Waals surface area contributed by atoms with Gasteiger partial charge in [-0.2, -0.15) is 0 Å². The van der Waals surface area contributed by atoms with Crippen LogP contribution < -0.4 is 5.32 Å². The monoisotopic (exact) mass is 270 g/mol. The van der Waals surface area contributed by atoms with Gasteiger partial charge in [0.25, 0.3) is 0 Å². The van der Waals surface area contributed by atoms with Gasteiger partial charge < -0.3 is 15.0 Å².